The van der Waals surface area contributed by atoms with E-state index < -0.39 is 0 Å². The van der Waals surface area contributed by atoms with Crippen LogP contribution in [0.1, 0.15) is 24.9 Å². The molecule has 24 heavy (non-hydrogen) atoms. The maximum absolute atomic E-state index is 4.81. The van der Waals surface area contributed by atoms with Crippen molar-refractivity contribution in [2.45, 2.75) is 19.4 Å². The summed E-state index contributed by atoms with van der Waals surface area (Å²) < 4.78 is 0. The fraction of sp³-hybridized carbons (Fsp3) is 0.136. The molecule has 1 heterocycles. The number of amidine groups is 1. The third-order valence-electron chi connectivity index (χ3n) is 4.11. The molecule has 1 unspecified atom stereocenters. The van der Waals surface area contributed by atoms with Crippen LogP contribution in [-0.4, -0.2) is 5.84 Å². The molecule has 3 rings (SSSR count). The molecular formula is C22H22N2. The van der Waals surface area contributed by atoms with E-state index in [9.17, 15) is 0 Å². The molecule has 0 N–H and O–H groups in total. The minimum atomic E-state index is 0.333. The lowest BCUT2D eigenvalue weighted by Gasteiger charge is -2.44. The topological polar surface area (TPSA) is 15.6 Å². The highest BCUT2D eigenvalue weighted by atomic mass is 15.3. The molecule has 2 heteroatoms. The fourth-order valence-electron chi connectivity index (χ4n) is 2.88. The Balaban J connectivity index is 1.95. The van der Waals surface area contributed by atoms with Crippen molar-refractivity contribution in [3.8, 4) is 0 Å². The molecule has 0 radical (unpaired) electrons. The molecular weight excluding hydrogens is 292 g/mol. The zero-order valence-corrected chi connectivity index (χ0v) is 14.0. The van der Waals surface area contributed by atoms with E-state index in [2.05, 4.69) is 66.1 Å². The van der Waals surface area contributed by atoms with Crippen LogP contribution in [0.25, 0.3) is 0 Å². The van der Waals surface area contributed by atoms with Crippen LogP contribution in [0.2, 0.25) is 0 Å². The molecule has 1 atom stereocenters. The first-order valence-electron chi connectivity index (χ1n) is 8.25. The Morgan fingerprint density at radius 2 is 1.75 bits per heavy atom. The molecule has 1 saturated heterocycles. The fourth-order valence-corrected chi connectivity index (χ4v) is 2.88. The van der Waals surface area contributed by atoms with Crippen LogP contribution < -0.4 is 4.90 Å². The van der Waals surface area contributed by atoms with Gasteiger partial charge in [-0.25, -0.2) is 4.99 Å². The van der Waals surface area contributed by atoms with Crippen LogP contribution in [-0.2, 0) is 0 Å². The van der Waals surface area contributed by atoms with Crippen molar-refractivity contribution in [3.63, 3.8) is 0 Å². The van der Waals surface area contributed by atoms with Crippen LogP contribution in [0.15, 0.2) is 102 Å². The summed E-state index contributed by atoms with van der Waals surface area (Å²) in [6, 6.07) is 21.4. The van der Waals surface area contributed by atoms with Crippen molar-refractivity contribution < 1.29 is 0 Å². The summed E-state index contributed by atoms with van der Waals surface area (Å²) in [5.74, 6) is 1.07. The van der Waals surface area contributed by atoms with E-state index in [1.807, 2.05) is 31.2 Å². The summed E-state index contributed by atoms with van der Waals surface area (Å²) in [7, 11) is 0. The van der Waals surface area contributed by atoms with Gasteiger partial charge in [-0.05, 0) is 36.8 Å². The third-order valence-corrected chi connectivity index (χ3v) is 4.11. The molecule has 0 aliphatic carbocycles. The molecule has 2 aromatic carbocycles. The van der Waals surface area contributed by atoms with Crippen LogP contribution in [0.4, 0.5) is 5.69 Å². The summed E-state index contributed by atoms with van der Waals surface area (Å²) in [5.41, 5.74) is 3.37. The van der Waals surface area contributed by atoms with Gasteiger partial charge in [0.1, 0.15) is 5.84 Å². The molecule has 0 bridgehead atoms. The van der Waals surface area contributed by atoms with E-state index in [-0.39, 0.29) is 0 Å². The Morgan fingerprint density at radius 1 is 1.08 bits per heavy atom. The molecule has 1 aliphatic rings. The molecule has 2 aromatic rings. The monoisotopic (exact) mass is 314 g/mol. The molecule has 0 saturated carbocycles. The lowest BCUT2D eigenvalue weighted by molar-refractivity contribution is 0.651. The number of allylic oxidation sites excluding steroid dienone is 4. The molecule has 1 fully saturated rings. The van der Waals surface area contributed by atoms with Crippen LogP contribution in [0.5, 0.6) is 0 Å². The molecule has 0 spiro atoms. The molecule has 2 nitrogen and oxygen atoms in total. The Labute approximate surface area is 144 Å². The first-order valence-corrected chi connectivity index (χ1v) is 8.25. The van der Waals surface area contributed by atoms with Crippen LogP contribution in [0.3, 0.4) is 0 Å². The predicted molar refractivity (Wildman–Crippen MR) is 103 cm³/mol. The second-order valence-corrected chi connectivity index (χ2v) is 5.69. The van der Waals surface area contributed by atoms with Gasteiger partial charge in [0.05, 0.1) is 11.7 Å². The van der Waals surface area contributed by atoms with Crippen molar-refractivity contribution in [2.75, 3.05) is 4.90 Å². The van der Waals surface area contributed by atoms with Gasteiger partial charge in [-0.3, -0.25) is 0 Å². The van der Waals surface area contributed by atoms with E-state index in [0.29, 0.717) is 6.04 Å². The van der Waals surface area contributed by atoms with Gasteiger partial charge in [-0.2, -0.15) is 0 Å². The Morgan fingerprint density at radius 3 is 2.38 bits per heavy atom. The Kier molecular flexibility index (Phi) is 5.07. The highest BCUT2D eigenvalue weighted by Gasteiger charge is 2.36. The summed E-state index contributed by atoms with van der Waals surface area (Å²) in [5, 5.41) is 0. The molecule has 0 aromatic heterocycles. The summed E-state index contributed by atoms with van der Waals surface area (Å²) in [4.78, 5) is 7.11. The standard InChI is InChI=1S/C22H22N2/c1-3-5-14-19(4-2)23-22-17-21(18-12-8-6-9-13-18)24(22)20-15-10-7-11-16-20/h3-16,21H,2,17H2,1H3/b5-3-,19-14+,23-22?. The van der Waals surface area contributed by atoms with E-state index in [1.54, 1.807) is 6.08 Å². The Bertz CT molecular complexity index is 770. The van der Waals surface area contributed by atoms with Gasteiger partial charge in [0.25, 0.3) is 0 Å². The highest BCUT2D eigenvalue weighted by molar-refractivity contribution is 6.05. The van der Waals surface area contributed by atoms with Gasteiger partial charge in [0.15, 0.2) is 0 Å². The second kappa shape index (κ2) is 7.60. The zero-order chi connectivity index (χ0) is 16.8. The first-order chi connectivity index (χ1) is 11.8. The number of rotatable bonds is 5. The van der Waals surface area contributed by atoms with Crippen LogP contribution in [0, 0.1) is 0 Å². The maximum Gasteiger partial charge on any atom is 0.112 e. The van der Waals surface area contributed by atoms with Crippen molar-refractivity contribution in [3.05, 3.63) is 103 Å². The maximum atomic E-state index is 4.81. The second-order valence-electron chi connectivity index (χ2n) is 5.69. The summed E-state index contributed by atoms with van der Waals surface area (Å²) in [6.45, 7) is 5.87. The summed E-state index contributed by atoms with van der Waals surface area (Å²) >= 11 is 0. The van der Waals surface area contributed by atoms with Crippen molar-refractivity contribution in [1.82, 2.24) is 0 Å². The van der Waals surface area contributed by atoms with E-state index >= 15 is 0 Å². The molecule has 1 aliphatic heterocycles. The summed E-state index contributed by atoms with van der Waals surface area (Å²) in [6.07, 6.45) is 8.69. The SMILES string of the molecule is C=C/C(=C\C=C/C)N=C1CC(c2ccccc2)N1c1ccccc1. The smallest absolute Gasteiger partial charge is 0.112 e. The lowest BCUT2D eigenvalue weighted by atomic mass is 9.92. The van der Waals surface area contributed by atoms with Crippen molar-refractivity contribution in [1.29, 1.82) is 0 Å². The number of hydrogen-bond donors (Lipinski definition) is 0. The first kappa shape index (κ1) is 16.0. The lowest BCUT2D eigenvalue weighted by Crippen LogP contribution is -2.46. The van der Waals surface area contributed by atoms with E-state index in [0.717, 1.165) is 18.0 Å². The largest absolute Gasteiger partial charge is 0.322 e. The van der Waals surface area contributed by atoms with Crippen LogP contribution >= 0.6 is 0 Å². The number of hydrogen-bond acceptors (Lipinski definition) is 1. The normalized spacial score (nSPS) is 19.5. The van der Waals surface area contributed by atoms with E-state index in [4.69, 9.17) is 4.99 Å². The number of nitrogens with zero attached hydrogens (tertiary/aromatic N) is 2. The zero-order valence-electron chi connectivity index (χ0n) is 14.0. The quantitative estimate of drug-likeness (QED) is 0.648. The number of aliphatic imine (C=N–C) groups is 1. The number of para-hydroxylation sites is 1. The number of anilines is 1. The van der Waals surface area contributed by atoms with Crippen molar-refractivity contribution in [2.24, 2.45) is 4.99 Å². The minimum Gasteiger partial charge on any atom is -0.322 e. The average molecular weight is 314 g/mol. The van der Waals surface area contributed by atoms with Gasteiger partial charge in [-0.1, -0.05) is 67.3 Å². The van der Waals surface area contributed by atoms with Gasteiger partial charge >= 0.3 is 0 Å². The molecule has 0 amide bonds. The third kappa shape index (κ3) is 3.38. The van der Waals surface area contributed by atoms with Gasteiger partial charge in [-0.15, -0.1) is 0 Å². The number of benzene rings is 2. The van der Waals surface area contributed by atoms with Crippen molar-refractivity contribution >= 4 is 11.5 Å². The van der Waals surface area contributed by atoms with Gasteiger partial charge in [0, 0.05) is 12.1 Å². The Hall–Kier alpha value is -2.87. The highest BCUT2D eigenvalue weighted by Crippen LogP contribution is 2.39. The predicted octanol–water partition coefficient (Wildman–Crippen LogP) is 5.68. The van der Waals surface area contributed by atoms with Gasteiger partial charge < -0.3 is 4.90 Å². The average Bonchev–Trinajstić information content (AvgIpc) is 2.62. The molecule has 120 valence electrons. The van der Waals surface area contributed by atoms with E-state index in [1.165, 1.54) is 11.3 Å². The van der Waals surface area contributed by atoms with Gasteiger partial charge in [0.2, 0.25) is 0 Å². The minimum absolute atomic E-state index is 0.333.